The van der Waals surface area contributed by atoms with Crippen molar-refractivity contribution in [2.75, 3.05) is 5.32 Å². The quantitative estimate of drug-likeness (QED) is 0.739. The molecule has 3 rings (SSSR count). The fourth-order valence-corrected chi connectivity index (χ4v) is 3.44. The minimum atomic E-state index is -4.52. The van der Waals surface area contributed by atoms with Crippen LogP contribution in [0.4, 0.5) is 18.9 Å². The molecule has 0 aliphatic heterocycles. The van der Waals surface area contributed by atoms with E-state index in [0.717, 1.165) is 28.0 Å². The van der Waals surface area contributed by atoms with Gasteiger partial charge in [-0.15, -0.1) is 11.3 Å². The minimum Gasteiger partial charge on any atom is -0.321 e. The topological polar surface area (TPSA) is 73.1 Å². The summed E-state index contributed by atoms with van der Waals surface area (Å²) in [5.41, 5.74) is -1.99. The number of halogens is 3. The van der Waals surface area contributed by atoms with Crippen molar-refractivity contribution in [3.05, 3.63) is 61.6 Å². The summed E-state index contributed by atoms with van der Waals surface area (Å²) in [4.78, 5) is 36.9. The van der Waals surface area contributed by atoms with Crippen molar-refractivity contribution in [1.82, 2.24) is 9.13 Å². The first kappa shape index (κ1) is 17.9. The first-order valence-corrected chi connectivity index (χ1v) is 8.09. The van der Waals surface area contributed by atoms with Crippen molar-refractivity contribution < 1.29 is 18.0 Å². The number of thiophene rings is 1. The highest BCUT2D eigenvalue weighted by Crippen LogP contribution is 2.31. The maximum absolute atomic E-state index is 12.8. The van der Waals surface area contributed by atoms with E-state index in [-0.39, 0.29) is 16.0 Å². The van der Waals surface area contributed by atoms with Gasteiger partial charge in [0, 0.05) is 19.8 Å². The molecule has 136 valence electrons. The molecule has 6 nitrogen and oxygen atoms in total. The van der Waals surface area contributed by atoms with Crippen LogP contribution in [-0.4, -0.2) is 15.0 Å². The lowest BCUT2D eigenvalue weighted by molar-refractivity contribution is -0.137. The Morgan fingerprint density at radius 1 is 1.12 bits per heavy atom. The van der Waals surface area contributed by atoms with Gasteiger partial charge in [0.25, 0.3) is 11.5 Å². The van der Waals surface area contributed by atoms with Crippen molar-refractivity contribution in [1.29, 1.82) is 0 Å². The van der Waals surface area contributed by atoms with Crippen LogP contribution in [0.2, 0.25) is 0 Å². The molecular weight excluding hydrogens is 371 g/mol. The summed E-state index contributed by atoms with van der Waals surface area (Å²) in [6.07, 6.45) is -4.52. The number of nitrogens with one attached hydrogen (secondary N) is 1. The van der Waals surface area contributed by atoms with Crippen LogP contribution in [0.1, 0.15) is 15.2 Å². The Labute approximate surface area is 148 Å². The summed E-state index contributed by atoms with van der Waals surface area (Å²) in [6.45, 7) is 0. The van der Waals surface area contributed by atoms with Crippen molar-refractivity contribution >= 4 is 33.1 Å². The highest BCUT2D eigenvalue weighted by atomic mass is 32.1. The van der Waals surface area contributed by atoms with Crippen LogP contribution in [0.3, 0.4) is 0 Å². The van der Waals surface area contributed by atoms with Crippen molar-refractivity contribution in [2.24, 2.45) is 14.1 Å². The number of carbonyl (C=O) groups is 1. The number of rotatable bonds is 2. The Morgan fingerprint density at radius 3 is 2.46 bits per heavy atom. The molecule has 0 saturated carbocycles. The molecule has 0 aliphatic carbocycles. The van der Waals surface area contributed by atoms with Gasteiger partial charge >= 0.3 is 11.9 Å². The van der Waals surface area contributed by atoms with E-state index in [0.29, 0.717) is 4.83 Å². The Kier molecular flexibility index (Phi) is 4.23. The van der Waals surface area contributed by atoms with Crippen molar-refractivity contribution in [3.63, 3.8) is 0 Å². The summed E-state index contributed by atoms with van der Waals surface area (Å²) in [6, 6.07) is 5.55. The average Bonchev–Trinajstić information content (AvgIpc) is 3.03. The standard InChI is InChI=1S/C16H12F3N3O3S/c1-21-13(24)10-7-11(26-14(10)22(2)15(21)25)12(23)20-9-5-3-4-8(6-9)16(17,18)19/h3-7H,1-2H3,(H,20,23). The third kappa shape index (κ3) is 3.03. The van der Waals surface area contributed by atoms with Crippen molar-refractivity contribution in [2.45, 2.75) is 6.18 Å². The SMILES string of the molecule is Cn1c(=O)c2cc(C(=O)Nc3cccc(C(F)(F)F)c3)sc2n(C)c1=O. The molecule has 0 fully saturated rings. The van der Waals surface area contributed by atoms with Gasteiger partial charge in [-0.1, -0.05) is 6.07 Å². The van der Waals surface area contributed by atoms with Crippen molar-refractivity contribution in [3.8, 4) is 0 Å². The predicted octanol–water partition coefficient (Wildman–Crippen LogP) is 2.57. The summed E-state index contributed by atoms with van der Waals surface area (Å²) in [7, 11) is 2.79. The van der Waals surface area contributed by atoms with Gasteiger partial charge in [-0.25, -0.2) is 4.79 Å². The van der Waals surface area contributed by atoms with Crippen LogP contribution in [0.15, 0.2) is 39.9 Å². The number of aryl methyl sites for hydroxylation is 1. The third-order valence-electron chi connectivity index (χ3n) is 3.80. The summed E-state index contributed by atoms with van der Waals surface area (Å²) in [5, 5.41) is 2.56. The Morgan fingerprint density at radius 2 is 1.81 bits per heavy atom. The van der Waals surface area contributed by atoms with E-state index in [1.54, 1.807) is 0 Å². The molecule has 26 heavy (non-hydrogen) atoms. The maximum Gasteiger partial charge on any atom is 0.416 e. The lowest BCUT2D eigenvalue weighted by atomic mass is 10.2. The Hall–Kier alpha value is -2.88. The molecule has 0 bridgehead atoms. The number of fused-ring (bicyclic) bond motifs is 1. The first-order chi connectivity index (χ1) is 12.1. The molecule has 3 aromatic rings. The van der Waals surface area contributed by atoms with E-state index in [9.17, 15) is 27.6 Å². The fraction of sp³-hybridized carbons (Fsp3) is 0.188. The third-order valence-corrected chi connectivity index (χ3v) is 5.01. The molecule has 0 aliphatic rings. The highest BCUT2D eigenvalue weighted by molar-refractivity contribution is 7.20. The first-order valence-electron chi connectivity index (χ1n) is 7.28. The van der Waals surface area contributed by atoms with Gasteiger partial charge in [-0.3, -0.25) is 18.7 Å². The minimum absolute atomic E-state index is 0.0240. The molecule has 0 spiro atoms. The number of aromatic nitrogens is 2. The van der Waals surface area contributed by atoms with Gasteiger partial charge < -0.3 is 5.32 Å². The molecule has 0 unspecified atom stereocenters. The zero-order valence-electron chi connectivity index (χ0n) is 13.5. The smallest absolute Gasteiger partial charge is 0.321 e. The molecule has 1 aromatic carbocycles. The molecule has 2 heterocycles. The van der Waals surface area contributed by atoms with Gasteiger partial charge in [0.2, 0.25) is 0 Å². The Balaban J connectivity index is 1.99. The average molecular weight is 383 g/mol. The number of benzene rings is 1. The molecule has 0 atom stereocenters. The summed E-state index contributed by atoms with van der Waals surface area (Å²) >= 11 is 0.913. The maximum atomic E-state index is 12.8. The van der Waals surface area contributed by atoms with Crippen LogP contribution >= 0.6 is 11.3 Å². The molecule has 2 aromatic heterocycles. The van der Waals surface area contributed by atoms with Gasteiger partial charge in [0.05, 0.1) is 15.8 Å². The largest absolute Gasteiger partial charge is 0.416 e. The van der Waals surface area contributed by atoms with Gasteiger partial charge in [-0.05, 0) is 24.3 Å². The normalized spacial score (nSPS) is 11.7. The monoisotopic (exact) mass is 383 g/mol. The summed E-state index contributed by atoms with van der Waals surface area (Å²) < 4.78 is 40.4. The molecule has 0 saturated heterocycles. The number of amides is 1. The van der Waals surface area contributed by atoms with E-state index in [4.69, 9.17) is 0 Å². The van der Waals surface area contributed by atoms with Crippen LogP contribution in [0.5, 0.6) is 0 Å². The lowest BCUT2D eigenvalue weighted by Crippen LogP contribution is -2.36. The van der Waals surface area contributed by atoms with E-state index < -0.39 is 28.9 Å². The second-order valence-electron chi connectivity index (χ2n) is 5.57. The molecule has 1 amide bonds. The molecule has 1 N–H and O–H groups in total. The van der Waals surface area contributed by atoms with Gasteiger partial charge in [-0.2, -0.15) is 13.2 Å². The van der Waals surface area contributed by atoms with E-state index in [1.807, 2.05) is 0 Å². The zero-order chi connectivity index (χ0) is 19.2. The van der Waals surface area contributed by atoms with Crippen LogP contribution < -0.4 is 16.6 Å². The van der Waals surface area contributed by atoms with E-state index in [2.05, 4.69) is 5.32 Å². The molecule has 10 heteroatoms. The fourth-order valence-electron chi connectivity index (χ4n) is 2.44. The zero-order valence-corrected chi connectivity index (χ0v) is 14.4. The van der Waals surface area contributed by atoms with Gasteiger partial charge in [0.15, 0.2) is 0 Å². The second kappa shape index (κ2) is 6.13. The number of hydrogen-bond donors (Lipinski definition) is 1. The van der Waals surface area contributed by atoms with Crippen LogP contribution in [-0.2, 0) is 20.3 Å². The lowest BCUT2D eigenvalue weighted by Gasteiger charge is -2.09. The van der Waals surface area contributed by atoms with Crippen LogP contribution in [0, 0.1) is 0 Å². The number of alkyl halides is 3. The Bertz CT molecular complexity index is 1140. The highest BCUT2D eigenvalue weighted by Gasteiger charge is 2.30. The molecule has 0 radical (unpaired) electrons. The number of nitrogens with zero attached hydrogens (tertiary/aromatic N) is 2. The predicted molar refractivity (Wildman–Crippen MR) is 91.7 cm³/mol. The van der Waals surface area contributed by atoms with E-state index >= 15 is 0 Å². The van der Waals surface area contributed by atoms with E-state index in [1.165, 1.54) is 36.9 Å². The number of hydrogen-bond acceptors (Lipinski definition) is 4. The number of anilines is 1. The number of carbonyl (C=O) groups excluding carboxylic acids is 1. The molecular formula is C16H12F3N3O3S. The van der Waals surface area contributed by atoms with Crippen LogP contribution in [0.25, 0.3) is 10.2 Å². The van der Waals surface area contributed by atoms with Gasteiger partial charge in [0.1, 0.15) is 4.83 Å². The second-order valence-corrected chi connectivity index (χ2v) is 6.60. The summed E-state index contributed by atoms with van der Waals surface area (Å²) in [5.74, 6) is -0.667.